The van der Waals surface area contributed by atoms with Gasteiger partial charge in [-0.2, -0.15) is 4.99 Å². The molecule has 5 nitrogen and oxygen atoms in total. The molecule has 0 aliphatic heterocycles. The van der Waals surface area contributed by atoms with Crippen molar-refractivity contribution in [1.29, 1.82) is 0 Å². The van der Waals surface area contributed by atoms with Gasteiger partial charge in [0.05, 0.1) is 6.61 Å². The first kappa shape index (κ1) is 11.7. The van der Waals surface area contributed by atoms with E-state index < -0.39 is 6.03 Å². The molecule has 1 aliphatic carbocycles. The number of rotatable bonds is 6. The Bertz CT molecular complexity index is 259. The number of aliphatic imine (C=N–C) groups is 1. The van der Waals surface area contributed by atoms with Crippen molar-refractivity contribution in [3.63, 3.8) is 0 Å². The highest BCUT2D eigenvalue weighted by atomic mass is 16.5. The second-order valence-electron chi connectivity index (χ2n) is 3.49. The number of nitrogens with one attached hydrogen (secondary N) is 1. The van der Waals surface area contributed by atoms with Gasteiger partial charge in [0, 0.05) is 13.2 Å². The minimum atomic E-state index is -0.456. The summed E-state index contributed by atoms with van der Waals surface area (Å²) in [6.07, 6.45) is 3.86. The van der Waals surface area contributed by atoms with E-state index in [9.17, 15) is 4.79 Å². The normalized spacial score (nSPS) is 16.1. The Morgan fingerprint density at radius 2 is 2.40 bits per heavy atom. The average Bonchev–Trinajstić information content (AvgIpc) is 3.01. The molecule has 2 amide bonds. The Balaban J connectivity index is 1.98. The van der Waals surface area contributed by atoms with Gasteiger partial charge in [0.25, 0.3) is 0 Å². The third-order valence-corrected chi connectivity index (χ3v) is 2.01. The van der Waals surface area contributed by atoms with E-state index in [1.165, 1.54) is 18.9 Å². The predicted octanol–water partition coefficient (Wildman–Crippen LogP) is 0.666. The highest BCUT2D eigenvalue weighted by molar-refractivity contribution is 5.99. The number of ether oxygens (including phenoxy) is 1. The van der Waals surface area contributed by atoms with Gasteiger partial charge in [0.15, 0.2) is 0 Å². The summed E-state index contributed by atoms with van der Waals surface area (Å²) < 4.78 is 5.32. The van der Waals surface area contributed by atoms with Crippen LogP contribution in [-0.2, 0) is 4.74 Å². The maximum atomic E-state index is 11.0. The van der Waals surface area contributed by atoms with E-state index in [4.69, 9.17) is 10.5 Å². The van der Waals surface area contributed by atoms with Gasteiger partial charge >= 0.3 is 6.03 Å². The summed E-state index contributed by atoms with van der Waals surface area (Å²) in [5, 5.41) is 2.56. The molecule has 0 heterocycles. The highest BCUT2D eigenvalue weighted by Gasteiger charge is 2.20. The molecule has 1 saturated carbocycles. The lowest BCUT2D eigenvalue weighted by Crippen LogP contribution is -2.26. The number of amides is 2. The van der Waals surface area contributed by atoms with Gasteiger partial charge in [-0.05, 0) is 24.8 Å². The Kier molecular flexibility index (Phi) is 4.83. The van der Waals surface area contributed by atoms with Gasteiger partial charge < -0.3 is 15.8 Å². The number of hydrogen-bond acceptors (Lipinski definition) is 2. The van der Waals surface area contributed by atoms with Crippen molar-refractivity contribution in [1.82, 2.24) is 5.32 Å². The maximum Gasteiger partial charge on any atom is 0.342 e. The SMILES string of the molecule is C=CC(N)=NC(=O)NCCOCC1CC1. The monoisotopic (exact) mass is 211 g/mol. The molecule has 15 heavy (non-hydrogen) atoms. The van der Waals surface area contributed by atoms with E-state index in [1.54, 1.807) is 0 Å². The fraction of sp³-hybridized carbons (Fsp3) is 0.600. The molecule has 0 aromatic carbocycles. The van der Waals surface area contributed by atoms with Crippen molar-refractivity contribution in [3.05, 3.63) is 12.7 Å². The number of carbonyl (C=O) groups is 1. The molecule has 1 rings (SSSR count). The highest BCUT2D eigenvalue weighted by Crippen LogP contribution is 2.28. The van der Waals surface area contributed by atoms with E-state index in [0.717, 1.165) is 12.5 Å². The summed E-state index contributed by atoms with van der Waals surface area (Å²) in [7, 11) is 0. The number of nitrogens with two attached hydrogens (primary N) is 1. The second kappa shape index (κ2) is 6.19. The maximum absolute atomic E-state index is 11.0. The van der Waals surface area contributed by atoms with Crippen molar-refractivity contribution in [2.75, 3.05) is 19.8 Å². The van der Waals surface area contributed by atoms with E-state index in [2.05, 4.69) is 16.9 Å². The van der Waals surface area contributed by atoms with Crippen LogP contribution in [-0.4, -0.2) is 31.6 Å². The molecule has 1 fully saturated rings. The fourth-order valence-electron chi connectivity index (χ4n) is 0.967. The summed E-state index contributed by atoms with van der Waals surface area (Å²) >= 11 is 0. The summed E-state index contributed by atoms with van der Waals surface area (Å²) in [5.41, 5.74) is 5.29. The molecule has 5 heteroatoms. The Labute approximate surface area is 89.4 Å². The van der Waals surface area contributed by atoms with Crippen molar-refractivity contribution in [2.24, 2.45) is 16.6 Å². The standard InChI is InChI=1S/C10H17N3O2/c1-2-9(11)13-10(14)12-5-6-15-7-8-3-4-8/h2,8H,1,3-7H2,(H3,11,12,13,14). The molecule has 0 aromatic heterocycles. The zero-order valence-electron chi connectivity index (χ0n) is 8.74. The molecule has 0 unspecified atom stereocenters. The molecule has 0 bridgehead atoms. The van der Waals surface area contributed by atoms with Crippen LogP contribution in [0.15, 0.2) is 17.6 Å². The van der Waals surface area contributed by atoms with Crippen LogP contribution >= 0.6 is 0 Å². The number of carbonyl (C=O) groups excluding carboxylic acids is 1. The van der Waals surface area contributed by atoms with E-state index in [1.807, 2.05) is 0 Å². The zero-order valence-corrected chi connectivity index (χ0v) is 8.74. The molecular weight excluding hydrogens is 194 g/mol. The molecule has 0 atom stereocenters. The van der Waals surface area contributed by atoms with Crippen LogP contribution in [0.25, 0.3) is 0 Å². The van der Waals surface area contributed by atoms with Crippen LogP contribution in [0.1, 0.15) is 12.8 Å². The minimum absolute atomic E-state index is 0.117. The van der Waals surface area contributed by atoms with E-state index >= 15 is 0 Å². The van der Waals surface area contributed by atoms with Crippen LogP contribution in [0.4, 0.5) is 4.79 Å². The molecule has 84 valence electrons. The molecule has 0 radical (unpaired) electrons. The Hall–Kier alpha value is -1.36. The summed E-state index contributed by atoms with van der Waals surface area (Å²) in [4.78, 5) is 14.6. The third kappa shape index (κ3) is 5.85. The van der Waals surface area contributed by atoms with E-state index in [-0.39, 0.29) is 5.84 Å². The second-order valence-corrected chi connectivity index (χ2v) is 3.49. The fourth-order valence-corrected chi connectivity index (χ4v) is 0.967. The predicted molar refractivity (Wildman–Crippen MR) is 58.8 cm³/mol. The smallest absolute Gasteiger partial charge is 0.342 e. The number of hydrogen-bond donors (Lipinski definition) is 2. The van der Waals surface area contributed by atoms with Crippen LogP contribution in [0.3, 0.4) is 0 Å². The first-order valence-corrected chi connectivity index (χ1v) is 5.04. The van der Waals surface area contributed by atoms with E-state index in [0.29, 0.717) is 13.2 Å². The molecular formula is C10H17N3O2. The largest absolute Gasteiger partial charge is 0.384 e. The summed E-state index contributed by atoms with van der Waals surface area (Å²) in [6.45, 7) is 5.17. The van der Waals surface area contributed by atoms with Gasteiger partial charge in [-0.15, -0.1) is 0 Å². The molecule has 1 aliphatic rings. The van der Waals surface area contributed by atoms with Crippen LogP contribution < -0.4 is 11.1 Å². The van der Waals surface area contributed by atoms with Crippen LogP contribution in [0.5, 0.6) is 0 Å². The van der Waals surface area contributed by atoms with Crippen molar-refractivity contribution < 1.29 is 9.53 Å². The quantitative estimate of drug-likeness (QED) is 0.385. The lowest BCUT2D eigenvalue weighted by molar-refractivity contribution is 0.127. The number of amidine groups is 1. The molecule has 0 spiro atoms. The van der Waals surface area contributed by atoms with Crippen molar-refractivity contribution in [3.8, 4) is 0 Å². The molecule has 0 saturated heterocycles. The zero-order chi connectivity index (χ0) is 11.1. The van der Waals surface area contributed by atoms with Crippen LogP contribution in [0.2, 0.25) is 0 Å². The van der Waals surface area contributed by atoms with Crippen molar-refractivity contribution in [2.45, 2.75) is 12.8 Å². The van der Waals surface area contributed by atoms with Gasteiger partial charge in [-0.25, -0.2) is 4.79 Å². The number of nitrogens with zero attached hydrogens (tertiary/aromatic N) is 1. The Morgan fingerprint density at radius 3 is 3.00 bits per heavy atom. The first-order valence-electron chi connectivity index (χ1n) is 5.04. The van der Waals surface area contributed by atoms with Gasteiger partial charge in [0.1, 0.15) is 5.84 Å². The average molecular weight is 211 g/mol. The summed E-state index contributed by atoms with van der Waals surface area (Å²) in [5.74, 6) is 0.863. The minimum Gasteiger partial charge on any atom is -0.384 e. The molecule has 0 aromatic rings. The Morgan fingerprint density at radius 1 is 1.67 bits per heavy atom. The lowest BCUT2D eigenvalue weighted by atomic mass is 10.5. The van der Waals surface area contributed by atoms with Gasteiger partial charge in [0.2, 0.25) is 0 Å². The van der Waals surface area contributed by atoms with Crippen molar-refractivity contribution >= 4 is 11.9 Å². The molecule has 3 N–H and O–H groups in total. The topological polar surface area (TPSA) is 76.7 Å². The first-order chi connectivity index (χ1) is 7.22. The van der Waals surface area contributed by atoms with Gasteiger partial charge in [-0.1, -0.05) is 6.58 Å². The third-order valence-electron chi connectivity index (χ3n) is 2.01. The summed E-state index contributed by atoms with van der Waals surface area (Å²) in [6, 6.07) is -0.456. The number of urea groups is 1. The van der Waals surface area contributed by atoms with Crippen LogP contribution in [0, 0.1) is 5.92 Å². The van der Waals surface area contributed by atoms with Gasteiger partial charge in [-0.3, -0.25) is 0 Å². The lowest BCUT2D eigenvalue weighted by Gasteiger charge is -2.03.